The van der Waals surface area contributed by atoms with Gasteiger partial charge in [0.25, 0.3) is 17.5 Å². The number of carbonyl (C=O) groups is 2. The monoisotopic (exact) mass is 402 g/mol. The number of nitro groups is 1. The average molecular weight is 403 g/mol. The van der Waals surface area contributed by atoms with Crippen LogP contribution >= 0.6 is 11.6 Å². The SMILES string of the molecule is CC(C)C(NC(=O)c1cccc(Cl)c1)C(=O)N/N=C/c1ccc([N+](=O)[O-])cc1. The number of carbonyl (C=O) groups excluding carboxylic acids is 2. The Bertz CT molecular complexity index is 897. The van der Waals surface area contributed by atoms with Crippen molar-refractivity contribution in [2.45, 2.75) is 19.9 Å². The molecule has 2 N–H and O–H groups in total. The minimum atomic E-state index is -0.805. The summed E-state index contributed by atoms with van der Waals surface area (Å²) in [5, 5.41) is 17.6. The summed E-state index contributed by atoms with van der Waals surface area (Å²) in [5.41, 5.74) is 3.26. The second-order valence-electron chi connectivity index (χ2n) is 6.29. The Labute approximate surface area is 166 Å². The van der Waals surface area contributed by atoms with Crippen LogP contribution in [-0.2, 0) is 4.79 Å². The predicted molar refractivity (Wildman–Crippen MR) is 106 cm³/mol. The number of hydrogen-bond donors (Lipinski definition) is 2. The summed E-state index contributed by atoms with van der Waals surface area (Å²) in [6.45, 7) is 3.59. The highest BCUT2D eigenvalue weighted by Gasteiger charge is 2.24. The van der Waals surface area contributed by atoms with Gasteiger partial charge in [-0.05, 0) is 41.8 Å². The van der Waals surface area contributed by atoms with Crippen LogP contribution in [0.5, 0.6) is 0 Å². The van der Waals surface area contributed by atoms with Crippen molar-refractivity contribution >= 4 is 35.3 Å². The Morgan fingerprint density at radius 1 is 1.18 bits per heavy atom. The summed E-state index contributed by atoms with van der Waals surface area (Å²) >= 11 is 5.89. The Kier molecular flexibility index (Phi) is 7.22. The predicted octanol–water partition coefficient (Wildman–Crippen LogP) is 3.15. The highest BCUT2D eigenvalue weighted by atomic mass is 35.5. The van der Waals surface area contributed by atoms with Gasteiger partial charge in [-0.25, -0.2) is 5.43 Å². The number of nitrogens with zero attached hydrogens (tertiary/aromatic N) is 2. The van der Waals surface area contributed by atoms with E-state index in [0.29, 0.717) is 16.1 Å². The van der Waals surface area contributed by atoms with E-state index in [1.807, 2.05) is 0 Å². The van der Waals surface area contributed by atoms with Crippen LogP contribution in [0.25, 0.3) is 0 Å². The van der Waals surface area contributed by atoms with Crippen molar-refractivity contribution in [3.63, 3.8) is 0 Å². The quantitative estimate of drug-likeness (QED) is 0.420. The molecule has 0 heterocycles. The molecule has 9 heteroatoms. The van der Waals surface area contributed by atoms with E-state index in [2.05, 4.69) is 15.8 Å². The molecule has 0 aliphatic heterocycles. The van der Waals surface area contributed by atoms with Crippen molar-refractivity contribution in [1.29, 1.82) is 0 Å². The highest BCUT2D eigenvalue weighted by Crippen LogP contribution is 2.12. The third-order valence-corrected chi connectivity index (χ3v) is 4.05. The summed E-state index contributed by atoms with van der Waals surface area (Å²) < 4.78 is 0. The van der Waals surface area contributed by atoms with Crippen LogP contribution in [0.15, 0.2) is 53.6 Å². The molecule has 28 heavy (non-hydrogen) atoms. The largest absolute Gasteiger partial charge is 0.340 e. The molecule has 0 fully saturated rings. The topological polar surface area (TPSA) is 114 Å². The number of non-ortho nitro benzene ring substituents is 1. The van der Waals surface area contributed by atoms with Crippen LogP contribution in [0.3, 0.4) is 0 Å². The van der Waals surface area contributed by atoms with E-state index in [1.165, 1.54) is 36.5 Å². The fraction of sp³-hybridized carbons (Fsp3) is 0.211. The zero-order chi connectivity index (χ0) is 20.7. The highest BCUT2D eigenvalue weighted by molar-refractivity contribution is 6.31. The van der Waals surface area contributed by atoms with Crippen molar-refractivity contribution in [3.8, 4) is 0 Å². The van der Waals surface area contributed by atoms with Gasteiger partial charge in [-0.15, -0.1) is 0 Å². The summed E-state index contributed by atoms with van der Waals surface area (Å²) in [7, 11) is 0. The second-order valence-corrected chi connectivity index (χ2v) is 6.72. The lowest BCUT2D eigenvalue weighted by Gasteiger charge is -2.20. The van der Waals surface area contributed by atoms with E-state index in [0.717, 1.165) is 0 Å². The van der Waals surface area contributed by atoms with Gasteiger partial charge in [0.1, 0.15) is 6.04 Å². The standard InChI is InChI=1S/C19H19ClN4O4/c1-12(2)17(22-18(25)14-4-3-5-15(20)10-14)19(26)23-21-11-13-6-8-16(9-7-13)24(27)28/h3-12,17H,1-2H3,(H,22,25)(H,23,26)/b21-11+. The molecule has 0 radical (unpaired) electrons. The van der Waals surface area contributed by atoms with Gasteiger partial charge in [0.2, 0.25) is 0 Å². The summed E-state index contributed by atoms with van der Waals surface area (Å²) in [6.07, 6.45) is 1.36. The lowest BCUT2D eigenvalue weighted by molar-refractivity contribution is -0.384. The lowest BCUT2D eigenvalue weighted by atomic mass is 10.0. The number of hydrogen-bond acceptors (Lipinski definition) is 5. The number of amides is 2. The van der Waals surface area contributed by atoms with E-state index in [-0.39, 0.29) is 11.6 Å². The van der Waals surface area contributed by atoms with E-state index >= 15 is 0 Å². The molecule has 0 saturated carbocycles. The molecule has 146 valence electrons. The van der Waals surface area contributed by atoms with Crippen LogP contribution in [0, 0.1) is 16.0 Å². The molecule has 0 aliphatic carbocycles. The minimum Gasteiger partial charge on any atom is -0.340 e. The average Bonchev–Trinajstić information content (AvgIpc) is 2.65. The number of nitrogens with one attached hydrogen (secondary N) is 2. The molecule has 0 saturated heterocycles. The summed E-state index contributed by atoms with van der Waals surface area (Å²) in [4.78, 5) is 34.9. The fourth-order valence-corrected chi connectivity index (χ4v) is 2.50. The molecule has 1 atom stereocenters. The smallest absolute Gasteiger partial charge is 0.269 e. The van der Waals surface area contributed by atoms with Crippen molar-refractivity contribution in [2.24, 2.45) is 11.0 Å². The maximum Gasteiger partial charge on any atom is 0.269 e. The van der Waals surface area contributed by atoms with Crippen molar-refractivity contribution in [3.05, 3.63) is 74.8 Å². The van der Waals surface area contributed by atoms with Gasteiger partial charge in [-0.2, -0.15) is 5.10 Å². The summed E-state index contributed by atoms with van der Waals surface area (Å²) in [5.74, 6) is -1.09. The number of benzene rings is 2. The van der Waals surface area contributed by atoms with Crippen LogP contribution < -0.4 is 10.7 Å². The normalized spacial score (nSPS) is 12.0. The van der Waals surface area contributed by atoms with Crippen LogP contribution in [0.4, 0.5) is 5.69 Å². The van der Waals surface area contributed by atoms with E-state index in [4.69, 9.17) is 11.6 Å². The third kappa shape index (κ3) is 5.88. The number of hydrazone groups is 1. The molecule has 2 aromatic rings. The molecule has 2 aromatic carbocycles. The molecular weight excluding hydrogens is 384 g/mol. The molecule has 2 rings (SSSR count). The van der Waals surface area contributed by atoms with E-state index < -0.39 is 22.8 Å². The zero-order valence-corrected chi connectivity index (χ0v) is 16.0. The summed E-state index contributed by atoms with van der Waals surface area (Å²) in [6, 6.07) is 11.3. The first kappa shape index (κ1) is 21.0. The van der Waals surface area contributed by atoms with Crippen LogP contribution in [0.2, 0.25) is 5.02 Å². The molecule has 2 amide bonds. The lowest BCUT2D eigenvalue weighted by Crippen LogP contribution is -2.48. The van der Waals surface area contributed by atoms with Gasteiger partial charge < -0.3 is 5.32 Å². The molecule has 0 aliphatic rings. The van der Waals surface area contributed by atoms with Gasteiger partial charge in [-0.3, -0.25) is 19.7 Å². The Morgan fingerprint density at radius 2 is 1.86 bits per heavy atom. The Balaban J connectivity index is 2.00. The first-order valence-electron chi connectivity index (χ1n) is 8.41. The molecule has 0 aromatic heterocycles. The van der Waals surface area contributed by atoms with Crippen molar-refractivity contribution in [1.82, 2.24) is 10.7 Å². The van der Waals surface area contributed by atoms with E-state index in [1.54, 1.807) is 32.0 Å². The number of rotatable bonds is 7. The zero-order valence-electron chi connectivity index (χ0n) is 15.3. The Hall–Kier alpha value is -3.26. The van der Waals surface area contributed by atoms with E-state index in [9.17, 15) is 19.7 Å². The second kappa shape index (κ2) is 9.61. The molecular formula is C19H19ClN4O4. The maximum atomic E-state index is 12.4. The first-order chi connectivity index (χ1) is 13.3. The van der Waals surface area contributed by atoms with Crippen molar-refractivity contribution < 1.29 is 14.5 Å². The molecule has 1 unspecified atom stereocenters. The van der Waals surface area contributed by atoms with Gasteiger partial charge >= 0.3 is 0 Å². The van der Waals surface area contributed by atoms with Crippen LogP contribution in [0.1, 0.15) is 29.8 Å². The fourth-order valence-electron chi connectivity index (χ4n) is 2.31. The molecule has 0 spiro atoms. The van der Waals surface area contributed by atoms with Crippen molar-refractivity contribution in [2.75, 3.05) is 0 Å². The van der Waals surface area contributed by atoms with Gasteiger partial charge in [0.15, 0.2) is 0 Å². The minimum absolute atomic E-state index is 0.0372. The van der Waals surface area contributed by atoms with Gasteiger partial charge in [0.05, 0.1) is 11.1 Å². The van der Waals surface area contributed by atoms with Crippen LogP contribution in [-0.4, -0.2) is 29.0 Å². The first-order valence-corrected chi connectivity index (χ1v) is 8.79. The van der Waals surface area contributed by atoms with Gasteiger partial charge in [-0.1, -0.05) is 31.5 Å². The maximum absolute atomic E-state index is 12.4. The molecule has 8 nitrogen and oxygen atoms in total. The van der Waals surface area contributed by atoms with Gasteiger partial charge in [0, 0.05) is 22.7 Å². The third-order valence-electron chi connectivity index (χ3n) is 3.81. The Morgan fingerprint density at radius 3 is 2.43 bits per heavy atom. The molecule has 0 bridgehead atoms. The number of halogens is 1. The number of nitro benzene ring substituents is 1.